The van der Waals surface area contributed by atoms with Gasteiger partial charge in [0.15, 0.2) is 5.76 Å². The number of aromatic nitrogens is 1. The van der Waals surface area contributed by atoms with E-state index in [-0.39, 0.29) is 17.6 Å². The van der Waals surface area contributed by atoms with Crippen LogP contribution in [-0.2, 0) is 6.61 Å². The minimum Gasteiger partial charge on any atom is -0.486 e. The molecule has 0 spiro atoms. The summed E-state index contributed by atoms with van der Waals surface area (Å²) in [5.41, 5.74) is 2.62. The van der Waals surface area contributed by atoms with Gasteiger partial charge < -0.3 is 18.9 Å². The van der Waals surface area contributed by atoms with Crippen LogP contribution in [0.3, 0.4) is 0 Å². The molecular weight excluding hydrogens is 342 g/mol. The van der Waals surface area contributed by atoms with E-state index in [1.165, 1.54) is 11.1 Å². The number of nitrogens with zero attached hydrogens (tertiary/aromatic N) is 2. The third-order valence-electron chi connectivity index (χ3n) is 4.45. The van der Waals surface area contributed by atoms with Crippen LogP contribution in [0.1, 0.15) is 42.8 Å². The van der Waals surface area contributed by atoms with Crippen molar-refractivity contribution in [2.24, 2.45) is 0 Å². The summed E-state index contributed by atoms with van der Waals surface area (Å²) in [5, 5.41) is 12.4. The predicted molar refractivity (Wildman–Crippen MR) is 103 cm³/mol. The van der Waals surface area contributed by atoms with Gasteiger partial charge in [0.1, 0.15) is 24.2 Å². The molecule has 0 bridgehead atoms. The summed E-state index contributed by atoms with van der Waals surface area (Å²) >= 11 is 0. The molecule has 2 aromatic heterocycles. The second-order valence-electron chi connectivity index (χ2n) is 6.56. The molecule has 6 nitrogen and oxygen atoms in total. The summed E-state index contributed by atoms with van der Waals surface area (Å²) < 4.78 is 17.2. The van der Waals surface area contributed by atoms with Crippen LogP contribution in [0.2, 0.25) is 0 Å². The lowest BCUT2D eigenvalue weighted by Gasteiger charge is -2.08. The van der Waals surface area contributed by atoms with Gasteiger partial charge in [-0.05, 0) is 62.6 Å². The van der Waals surface area contributed by atoms with E-state index in [1.54, 1.807) is 6.07 Å². The number of oxazole rings is 1. The zero-order valence-corrected chi connectivity index (χ0v) is 16.0. The Bertz CT molecular complexity index is 965. The molecule has 6 heteroatoms. The first kappa shape index (κ1) is 18.6. The number of benzene rings is 1. The Kier molecular flexibility index (Phi) is 5.51. The Morgan fingerprint density at radius 2 is 2.00 bits per heavy atom. The van der Waals surface area contributed by atoms with Crippen LogP contribution in [0.5, 0.6) is 5.75 Å². The SMILES string of the molecule is CC[C@@H](C)Nc1oc(-c2ccc(COc3ccc(C)c(C)c3)o2)nc1C#N. The fraction of sp³-hybridized carbons (Fsp3) is 0.333. The Labute approximate surface area is 158 Å². The predicted octanol–water partition coefficient (Wildman–Crippen LogP) is 5.21. The molecule has 0 radical (unpaired) electrons. The average molecular weight is 365 g/mol. The first-order valence-corrected chi connectivity index (χ1v) is 8.96. The van der Waals surface area contributed by atoms with Gasteiger partial charge in [0.2, 0.25) is 11.6 Å². The summed E-state index contributed by atoms with van der Waals surface area (Å²) in [6.45, 7) is 8.47. The molecule has 1 atom stereocenters. The lowest BCUT2D eigenvalue weighted by atomic mass is 10.1. The van der Waals surface area contributed by atoms with E-state index in [9.17, 15) is 5.26 Å². The number of nitrogens with one attached hydrogen (secondary N) is 1. The molecule has 0 saturated heterocycles. The molecule has 2 heterocycles. The van der Waals surface area contributed by atoms with Crippen LogP contribution in [0.15, 0.2) is 39.2 Å². The first-order chi connectivity index (χ1) is 13.0. The van der Waals surface area contributed by atoms with Crippen molar-refractivity contribution >= 4 is 5.88 Å². The lowest BCUT2D eigenvalue weighted by molar-refractivity contribution is 0.271. The third kappa shape index (κ3) is 4.32. The van der Waals surface area contributed by atoms with E-state index in [0.717, 1.165) is 12.2 Å². The van der Waals surface area contributed by atoms with Gasteiger partial charge in [-0.2, -0.15) is 10.2 Å². The number of ether oxygens (including phenoxy) is 1. The van der Waals surface area contributed by atoms with Crippen LogP contribution >= 0.6 is 0 Å². The van der Waals surface area contributed by atoms with Gasteiger partial charge >= 0.3 is 0 Å². The first-order valence-electron chi connectivity index (χ1n) is 8.96. The van der Waals surface area contributed by atoms with Crippen molar-refractivity contribution in [3.8, 4) is 23.5 Å². The minimum atomic E-state index is 0.177. The molecule has 0 aliphatic heterocycles. The molecule has 27 heavy (non-hydrogen) atoms. The van der Waals surface area contributed by atoms with Gasteiger partial charge in [-0.15, -0.1) is 0 Å². The van der Waals surface area contributed by atoms with E-state index >= 15 is 0 Å². The van der Waals surface area contributed by atoms with Crippen molar-refractivity contribution in [3.05, 3.63) is 52.9 Å². The molecular formula is C21H23N3O3. The maximum atomic E-state index is 9.26. The van der Waals surface area contributed by atoms with E-state index in [4.69, 9.17) is 13.6 Å². The summed E-state index contributed by atoms with van der Waals surface area (Å²) in [6, 6.07) is 11.8. The molecule has 3 aromatic rings. The van der Waals surface area contributed by atoms with Crippen molar-refractivity contribution < 1.29 is 13.6 Å². The molecule has 0 fully saturated rings. The van der Waals surface area contributed by atoms with Crippen LogP contribution in [-0.4, -0.2) is 11.0 Å². The number of hydrogen-bond acceptors (Lipinski definition) is 6. The van der Waals surface area contributed by atoms with Crippen LogP contribution < -0.4 is 10.1 Å². The minimum absolute atomic E-state index is 0.177. The fourth-order valence-electron chi connectivity index (χ4n) is 2.45. The standard InChI is InChI=1S/C21H23N3O3/c1-5-15(4)23-20-18(11-22)24-21(27-20)19-9-8-17(26-19)12-25-16-7-6-13(2)14(3)10-16/h6-10,15,23H,5,12H2,1-4H3/t15-/m1/s1. The average Bonchev–Trinajstić information content (AvgIpc) is 3.29. The topological polar surface area (TPSA) is 84.2 Å². The summed E-state index contributed by atoms with van der Waals surface area (Å²) in [4.78, 5) is 4.21. The molecule has 3 rings (SSSR count). The number of furan rings is 1. The molecule has 140 valence electrons. The van der Waals surface area contributed by atoms with Gasteiger partial charge in [-0.25, -0.2) is 0 Å². The molecule has 0 amide bonds. The summed E-state index contributed by atoms with van der Waals surface area (Å²) in [6.07, 6.45) is 0.904. The molecule has 0 aliphatic rings. The monoisotopic (exact) mass is 365 g/mol. The molecule has 0 unspecified atom stereocenters. The van der Waals surface area contributed by atoms with Gasteiger partial charge in [-0.1, -0.05) is 13.0 Å². The Morgan fingerprint density at radius 3 is 2.70 bits per heavy atom. The summed E-state index contributed by atoms with van der Waals surface area (Å²) in [5.74, 6) is 2.54. The van der Waals surface area contributed by atoms with Gasteiger partial charge in [0.05, 0.1) is 0 Å². The number of nitriles is 1. The van der Waals surface area contributed by atoms with Crippen molar-refractivity contribution in [2.75, 3.05) is 5.32 Å². The number of anilines is 1. The van der Waals surface area contributed by atoms with Crippen LogP contribution in [0.4, 0.5) is 5.88 Å². The maximum absolute atomic E-state index is 9.26. The van der Waals surface area contributed by atoms with Gasteiger partial charge in [0.25, 0.3) is 5.89 Å². The van der Waals surface area contributed by atoms with Crippen LogP contribution in [0.25, 0.3) is 11.7 Å². The van der Waals surface area contributed by atoms with Crippen molar-refractivity contribution in [2.45, 2.75) is 46.8 Å². The zero-order valence-electron chi connectivity index (χ0n) is 16.0. The smallest absolute Gasteiger partial charge is 0.266 e. The van der Waals surface area contributed by atoms with Crippen molar-refractivity contribution in [1.29, 1.82) is 5.26 Å². The van der Waals surface area contributed by atoms with Gasteiger partial charge in [-0.3, -0.25) is 0 Å². The molecule has 1 aromatic carbocycles. The highest BCUT2D eigenvalue weighted by molar-refractivity contribution is 5.54. The highest BCUT2D eigenvalue weighted by Gasteiger charge is 2.18. The molecule has 0 saturated carbocycles. The van der Waals surface area contributed by atoms with Crippen molar-refractivity contribution in [1.82, 2.24) is 4.98 Å². The quantitative estimate of drug-likeness (QED) is 0.618. The number of rotatable bonds is 7. The lowest BCUT2D eigenvalue weighted by Crippen LogP contribution is -2.13. The Morgan fingerprint density at radius 1 is 1.19 bits per heavy atom. The van der Waals surface area contributed by atoms with E-state index in [1.807, 2.05) is 44.2 Å². The second-order valence-corrected chi connectivity index (χ2v) is 6.56. The highest BCUT2D eigenvalue weighted by atomic mass is 16.5. The Hall–Kier alpha value is -3.20. The highest BCUT2D eigenvalue weighted by Crippen LogP contribution is 2.28. The van der Waals surface area contributed by atoms with E-state index in [2.05, 4.69) is 24.1 Å². The number of hydrogen-bond donors (Lipinski definition) is 1. The molecule has 1 N–H and O–H groups in total. The maximum Gasteiger partial charge on any atom is 0.266 e. The zero-order chi connectivity index (χ0) is 19.4. The summed E-state index contributed by atoms with van der Waals surface area (Å²) in [7, 11) is 0. The van der Waals surface area contributed by atoms with E-state index in [0.29, 0.717) is 24.0 Å². The normalized spacial score (nSPS) is 11.8. The fourth-order valence-corrected chi connectivity index (χ4v) is 2.45. The molecule has 0 aliphatic carbocycles. The van der Waals surface area contributed by atoms with E-state index < -0.39 is 0 Å². The Balaban J connectivity index is 1.71. The van der Waals surface area contributed by atoms with Crippen molar-refractivity contribution in [3.63, 3.8) is 0 Å². The largest absolute Gasteiger partial charge is 0.486 e. The van der Waals surface area contributed by atoms with Gasteiger partial charge in [0, 0.05) is 6.04 Å². The third-order valence-corrected chi connectivity index (χ3v) is 4.45. The van der Waals surface area contributed by atoms with Crippen LogP contribution in [0, 0.1) is 25.2 Å². The second kappa shape index (κ2) is 8.00. The number of aryl methyl sites for hydroxylation is 2.